The Morgan fingerprint density at radius 2 is 1.82 bits per heavy atom. The number of allylic oxidation sites excluding steroid dienone is 4. The average molecular weight is 381 g/mol. The van der Waals surface area contributed by atoms with Gasteiger partial charge in [0.25, 0.3) is 0 Å². The quantitative estimate of drug-likeness (QED) is 0.554. The summed E-state index contributed by atoms with van der Waals surface area (Å²) in [6.07, 6.45) is 9.89. The molecule has 0 fully saturated rings. The summed E-state index contributed by atoms with van der Waals surface area (Å²) in [4.78, 5) is 3.68. The van der Waals surface area contributed by atoms with E-state index >= 15 is 0 Å². The number of rotatable bonds is 6. The van der Waals surface area contributed by atoms with Crippen LogP contribution in [-0.4, -0.2) is 4.98 Å². The van der Waals surface area contributed by atoms with Gasteiger partial charge in [-0.25, -0.2) is 4.98 Å². The maximum absolute atomic E-state index is 13.8. The molecule has 2 nitrogen and oxygen atoms in total. The number of anilines is 1. The molecule has 0 spiro atoms. The van der Waals surface area contributed by atoms with Crippen molar-refractivity contribution in [1.82, 2.24) is 4.98 Å². The summed E-state index contributed by atoms with van der Waals surface area (Å²) in [6.45, 7) is 8.88. The lowest BCUT2D eigenvalue weighted by Crippen LogP contribution is -1.97. The highest BCUT2D eigenvalue weighted by Crippen LogP contribution is 2.30. The van der Waals surface area contributed by atoms with Crippen molar-refractivity contribution in [1.29, 1.82) is 0 Å². The van der Waals surface area contributed by atoms with E-state index in [1.165, 1.54) is 36.0 Å². The predicted molar refractivity (Wildman–Crippen MR) is 119 cm³/mol. The number of halogens is 1. The number of nitrogen functional groups attached to an aromatic ring is 1. The maximum Gasteiger partial charge on any atom is 0.222 e. The zero-order valence-electron chi connectivity index (χ0n) is 17.6. The zero-order chi connectivity index (χ0) is 20.5. The van der Waals surface area contributed by atoms with E-state index in [9.17, 15) is 4.39 Å². The van der Waals surface area contributed by atoms with E-state index in [1.807, 2.05) is 0 Å². The molecule has 0 saturated heterocycles. The molecule has 1 aliphatic carbocycles. The van der Waals surface area contributed by atoms with Gasteiger partial charge < -0.3 is 5.73 Å². The van der Waals surface area contributed by atoms with Crippen LogP contribution in [0.4, 0.5) is 10.2 Å². The fourth-order valence-corrected chi connectivity index (χ4v) is 3.22. The first kappa shape index (κ1) is 21.9. The minimum atomic E-state index is -0.494. The van der Waals surface area contributed by atoms with E-state index in [4.69, 9.17) is 5.73 Å². The zero-order valence-corrected chi connectivity index (χ0v) is 17.6. The Bertz CT molecular complexity index is 819. The molecule has 2 aromatic rings. The van der Waals surface area contributed by atoms with Crippen LogP contribution in [-0.2, 0) is 6.42 Å². The van der Waals surface area contributed by atoms with Crippen molar-refractivity contribution in [2.45, 2.75) is 59.8 Å². The molecule has 1 unspecified atom stereocenters. The fourth-order valence-electron chi connectivity index (χ4n) is 3.22. The van der Waals surface area contributed by atoms with E-state index < -0.39 is 5.95 Å². The lowest BCUT2D eigenvalue weighted by Gasteiger charge is -2.04. The molecule has 1 aliphatic rings. The van der Waals surface area contributed by atoms with E-state index in [0.29, 0.717) is 5.56 Å². The van der Waals surface area contributed by atoms with Gasteiger partial charge >= 0.3 is 0 Å². The number of hydrogen-bond donors (Lipinski definition) is 1. The molecule has 3 rings (SSSR count). The second kappa shape index (κ2) is 10.8. The number of aromatic nitrogens is 1. The van der Waals surface area contributed by atoms with Crippen LogP contribution in [0.2, 0.25) is 0 Å². The van der Waals surface area contributed by atoms with Gasteiger partial charge in [-0.05, 0) is 54.5 Å². The highest BCUT2D eigenvalue weighted by Gasteiger charge is 2.14. The largest absolute Gasteiger partial charge is 0.384 e. The summed E-state index contributed by atoms with van der Waals surface area (Å²) in [6, 6.07) is 11.8. The van der Waals surface area contributed by atoms with Crippen molar-refractivity contribution in [3.05, 3.63) is 76.8 Å². The summed E-state index contributed by atoms with van der Waals surface area (Å²) >= 11 is 0. The molecule has 1 aromatic heterocycles. The van der Waals surface area contributed by atoms with Gasteiger partial charge in [0.1, 0.15) is 5.82 Å². The van der Waals surface area contributed by atoms with Crippen LogP contribution < -0.4 is 5.73 Å². The van der Waals surface area contributed by atoms with Crippen LogP contribution in [0.15, 0.2) is 54.1 Å². The van der Waals surface area contributed by atoms with Crippen molar-refractivity contribution in [3.63, 3.8) is 0 Å². The first-order valence-corrected chi connectivity index (χ1v) is 10.3. The summed E-state index contributed by atoms with van der Waals surface area (Å²) < 4.78 is 13.8. The van der Waals surface area contributed by atoms with E-state index in [0.717, 1.165) is 24.3 Å². The van der Waals surface area contributed by atoms with Crippen molar-refractivity contribution in [2.75, 3.05) is 5.73 Å². The second-order valence-corrected chi connectivity index (χ2v) is 7.69. The minimum Gasteiger partial charge on any atom is -0.384 e. The molecule has 0 saturated carbocycles. The Morgan fingerprint density at radius 3 is 2.39 bits per heavy atom. The first-order valence-electron chi connectivity index (χ1n) is 10.3. The number of pyridine rings is 1. The van der Waals surface area contributed by atoms with Gasteiger partial charge in [0.15, 0.2) is 0 Å². The van der Waals surface area contributed by atoms with Crippen LogP contribution in [0.1, 0.15) is 63.1 Å². The van der Waals surface area contributed by atoms with Crippen LogP contribution in [0.5, 0.6) is 0 Å². The molecule has 1 atom stereocenters. The lowest BCUT2D eigenvalue weighted by molar-refractivity contribution is 0.509. The van der Waals surface area contributed by atoms with E-state index in [1.54, 1.807) is 12.1 Å². The highest BCUT2D eigenvalue weighted by molar-refractivity contribution is 5.73. The van der Waals surface area contributed by atoms with Crippen molar-refractivity contribution >= 4 is 11.4 Å². The second-order valence-electron chi connectivity index (χ2n) is 7.69. The van der Waals surface area contributed by atoms with Gasteiger partial charge in [0.05, 0.1) is 0 Å². The molecule has 3 heteroatoms. The third-order valence-corrected chi connectivity index (χ3v) is 5.17. The summed E-state index contributed by atoms with van der Waals surface area (Å²) in [7, 11) is 0. The standard InChI is InChI=1S/C18H17FN2.C7H16/c1-12-2-4-13(5-3-12)10-14-6-7-15(11-14)16-8-9-17(20)21-18(16)19;1-4-6-7(3)5-2/h2-6,8-9,11H,7,10H2,1H3,(H2,20,21);7H,4-6H2,1-3H3. The smallest absolute Gasteiger partial charge is 0.222 e. The van der Waals surface area contributed by atoms with E-state index in [-0.39, 0.29) is 5.82 Å². The molecule has 1 heterocycles. The third-order valence-electron chi connectivity index (χ3n) is 5.17. The number of nitrogens with zero attached hydrogens (tertiary/aromatic N) is 1. The normalized spacial score (nSPS) is 14.0. The monoisotopic (exact) mass is 380 g/mol. The topological polar surface area (TPSA) is 38.9 Å². The minimum absolute atomic E-state index is 0.211. The lowest BCUT2D eigenvalue weighted by atomic mass is 10.0. The van der Waals surface area contributed by atoms with Crippen molar-refractivity contribution < 1.29 is 4.39 Å². The Balaban J connectivity index is 0.000000345. The Hall–Kier alpha value is -2.42. The third kappa shape index (κ3) is 6.63. The van der Waals surface area contributed by atoms with E-state index in [2.05, 4.69) is 69.1 Å². The van der Waals surface area contributed by atoms with Gasteiger partial charge in [0, 0.05) is 5.56 Å². The molecule has 1 aromatic carbocycles. The molecule has 0 aliphatic heterocycles. The molecular weight excluding hydrogens is 347 g/mol. The number of hydrogen-bond acceptors (Lipinski definition) is 2. The molecule has 150 valence electrons. The maximum atomic E-state index is 13.8. The molecule has 0 radical (unpaired) electrons. The molecule has 0 amide bonds. The summed E-state index contributed by atoms with van der Waals surface area (Å²) in [5.41, 5.74) is 10.7. The van der Waals surface area contributed by atoms with Crippen LogP contribution in [0, 0.1) is 18.8 Å². The van der Waals surface area contributed by atoms with Gasteiger partial charge in [-0.1, -0.05) is 82.0 Å². The van der Waals surface area contributed by atoms with Crippen LogP contribution >= 0.6 is 0 Å². The van der Waals surface area contributed by atoms with Gasteiger partial charge in [-0.3, -0.25) is 0 Å². The Labute approximate surface area is 169 Å². The van der Waals surface area contributed by atoms with Crippen molar-refractivity contribution in [2.24, 2.45) is 5.92 Å². The van der Waals surface area contributed by atoms with Gasteiger partial charge in [-0.15, -0.1) is 0 Å². The van der Waals surface area contributed by atoms with Crippen LogP contribution in [0.25, 0.3) is 5.57 Å². The Morgan fingerprint density at radius 1 is 1.11 bits per heavy atom. The SMILES string of the molecule is CCCC(C)CC.Cc1ccc(CC2=CCC(c3ccc(N)nc3F)=C2)cc1. The Kier molecular flexibility index (Phi) is 8.43. The van der Waals surface area contributed by atoms with Gasteiger partial charge in [-0.2, -0.15) is 4.39 Å². The van der Waals surface area contributed by atoms with Crippen LogP contribution in [0.3, 0.4) is 0 Å². The average Bonchev–Trinajstić information content (AvgIpc) is 3.12. The van der Waals surface area contributed by atoms with Gasteiger partial charge in [0.2, 0.25) is 5.95 Å². The highest BCUT2D eigenvalue weighted by atomic mass is 19.1. The molecule has 28 heavy (non-hydrogen) atoms. The molecule has 0 bridgehead atoms. The summed E-state index contributed by atoms with van der Waals surface area (Å²) in [5, 5.41) is 0. The summed E-state index contributed by atoms with van der Waals surface area (Å²) in [5.74, 6) is 0.666. The predicted octanol–water partition coefficient (Wildman–Crippen LogP) is 6.90. The number of aryl methyl sites for hydroxylation is 1. The first-order chi connectivity index (χ1) is 13.4. The fraction of sp³-hybridized carbons (Fsp3) is 0.400. The molecule has 2 N–H and O–H groups in total. The van der Waals surface area contributed by atoms with Crippen molar-refractivity contribution in [3.8, 4) is 0 Å². The number of benzene rings is 1. The number of nitrogens with two attached hydrogens (primary N) is 1. The molecular formula is C25H33FN2.